The van der Waals surface area contributed by atoms with Crippen molar-refractivity contribution in [1.29, 1.82) is 0 Å². The van der Waals surface area contributed by atoms with Crippen molar-refractivity contribution in [3.05, 3.63) is 75.1 Å². The van der Waals surface area contributed by atoms with Crippen LogP contribution in [-0.4, -0.2) is 27.0 Å². The number of hydrogen-bond acceptors (Lipinski definition) is 6. The maximum Gasteiger partial charge on any atom is 0.283 e. The second-order valence-corrected chi connectivity index (χ2v) is 9.76. The first-order valence-corrected chi connectivity index (χ1v) is 12.4. The number of allylic oxidation sites excluding steroid dienone is 1. The number of amides is 1. The fraction of sp³-hybridized carbons (Fsp3) is 0.308. The lowest BCUT2D eigenvalue weighted by Gasteiger charge is -2.13. The Kier molecular flexibility index (Phi) is 6.15. The molecule has 2 aromatic heterocycles. The summed E-state index contributed by atoms with van der Waals surface area (Å²) in [6.45, 7) is 4.66. The van der Waals surface area contributed by atoms with Gasteiger partial charge in [0, 0.05) is 17.8 Å². The second kappa shape index (κ2) is 9.38. The minimum absolute atomic E-state index is 0.151. The van der Waals surface area contributed by atoms with Crippen molar-refractivity contribution in [2.75, 3.05) is 11.9 Å². The lowest BCUT2D eigenvalue weighted by Crippen LogP contribution is -2.25. The van der Waals surface area contributed by atoms with Crippen LogP contribution >= 0.6 is 11.3 Å². The van der Waals surface area contributed by atoms with Crippen LogP contribution in [-0.2, 0) is 0 Å². The van der Waals surface area contributed by atoms with Crippen LogP contribution in [0.4, 0.5) is 10.8 Å². The molecule has 34 heavy (non-hydrogen) atoms. The molecule has 2 N–H and O–H groups in total. The van der Waals surface area contributed by atoms with Crippen LogP contribution in [0.15, 0.2) is 52.8 Å². The highest BCUT2D eigenvalue weighted by molar-refractivity contribution is 7.20. The third kappa shape index (κ3) is 4.59. The topological polar surface area (TPSA) is 88.4 Å². The van der Waals surface area contributed by atoms with E-state index in [1.54, 1.807) is 18.2 Å². The average Bonchev–Trinajstić information content (AvgIpc) is 3.24. The zero-order valence-electron chi connectivity index (χ0n) is 19.4. The van der Waals surface area contributed by atoms with Crippen LogP contribution in [0, 0.1) is 13.8 Å². The van der Waals surface area contributed by atoms with Gasteiger partial charge in [0.2, 0.25) is 10.1 Å². The van der Waals surface area contributed by atoms with Crippen molar-refractivity contribution in [2.45, 2.75) is 46.0 Å². The highest BCUT2D eigenvalue weighted by Crippen LogP contribution is 2.26. The summed E-state index contributed by atoms with van der Waals surface area (Å²) >= 11 is 1.30. The number of fused-ring (bicyclic) bond motifs is 2. The predicted molar refractivity (Wildman–Crippen MR) is 137 cm³/mol. The Balaban J connectivity index is 1.38. The molecule has 7 nitrogen and oxygen atoms in total. The number of rotatable bonds is 6. The lowest BCUT2D eigenvalue weighted by molar-refractivity contribution is 0.0954. The van der Waals surface area contributed by atoms with Crippen LogP contribution < -0.4 is 16.2 Å². The summed E-state index contributed by atoms with van der Waals surface area (Å²) in [4.78, 5) is 30.8. The van der Waals surface area contributed by atoms with E-state index >= 15 is 0 Å². The number of aryl methyl sites for hydroxylation is 2. The molecule has 4 aromatic rings. The summed E-state index contributed by atoms with van der Waals surface area (Å²) in [6.07, 6.45) is 7.95. The van der Waals surface area contributed by atoms with Gasteiger partial charge in [-0.05, 0) is 81.3 Å². The maximum atomic E-state index is 13.0. The second-order valence-electron chi connectivity index (χ2n) is 8.81. The van der Waals surface area contributed by atoms with Gasteiger partial charge in [0.15, 0.2) is 0 Å². The molecule has 1 aliphatic rings. The Hall–Kier alpha value is -3.52. The summed E-state index contributed by atoms with van der Waals surface area (Å²) in [5.41, 5.74) is 5.34. The van der Waals surface area contributed by atoms with Crippen LogP contribution in [0.25, 0.3) is 15.9 Å². The minimum Gasteiger partial charge on any atom is -0.352 e. The monoisotopic (exact) mass is 473 g/mol. The summed E-state index contributed by atoms with van der Waals surface area (Å²) in [5, 5.41) is 11.8. The molecule has 0 unspecified atom stereocenters. The van der Waals surface area contributed by atoms with E-state index < -0.39 is 0 Å². The van der Waals surface area contributed by atoms with Crippen molar-refractivity contribution in [2.24, 2.45) is 0 Å². The third-order valence-corrected chi connectivity index (χ3v) is 7.03. The van der Waals surface area contributed by atoms with Gasteiger partial charge in [0.05, 0.1) is 10.9 Å². The van der Waals surface area contributed by atoms with Gasteiger partial charge in [0.25, 0.3) is 11.5 Å². The van der Waals surface area contributed by atoms with Gasteiger partial charge in [-0.25, -0.2) is 4.98 Å². The van der Waals surface area contributed by atoms with E-state index in [0.717, 1.165) is 36.1 Å². The molecule has 0 fully saturated rings. The molecule has 0 atom stereocenters. The van der Waals surface area contributed by atoms with E-state index in [0.29, 0.717) is 33.1 Å². The van der Waals surface area contributed by atoms with Crippen molar-refractivity contribution >= 4 is 43.9 Å². The Labute approximate surface area is 201 Å². The SMILES string of the molecule is Cc1ccc(C)c(Nc2nn3c(=O)c4ccc(C(=O)NCCC5=CCCCC5)cc4nc3s2)c1. The fourth-order valence-electron chi connectivity index (χ4n) is 4.26. The van der Waals surface area contributed by atoms with Crippen LogP contribution in [0.5, 0.6) is 0 Å². The zero-order valence-corrected chi connectivity index (χ0v) is 20.2. The number of aromatic nitrogens is 3. The first-order valence-electron chi connectivity index (χ1n) is 11.6. The van der Waals surface area contributed by atoms with Crippen LogP contribution in [0.1, 0.15) is 53.6 Å². The van der Waals surface area contributed by atoms with E-state index in [4.69, 9.17) is 0 Å². The molecule has 8 heteroatoms. The van der Waals surface area contributed by atoms with Gasteiger partial charge in [0.1, 0.15) is 0 Å². The highest BCUT2D eigenvalue weighted by atomic mass is 32.1. The molecule has 2 aromatic carbocycles. The summed E-state index contributed by atoms with van der Waals surface area (Å²) in [7, 11) is 0. The van der Waals surface area contributed by atoms with Gasteiger partial charge < -0.3 is 10.6 Å². The first kappa shape index (κ1) is 22.3. The van der Waals surface area contributed by atoms with Gasteiger partial charge in [-0.15, -0.1) is 5.10 Å². The number of carbonyl (C=O) groups excluding carboxylic acids is 1. The number of nitrogens with one attached hydrogen (secondary N) is 2. The number of benzene rings is 2. The summed E-state index contributed by atoms with van der Waals surface area (Å²) < 4.78 is 1.32. The molecule has 0 spiro atoms. The van der Waals surface area contributed by atoms with Crippen molar-refractivity contribution in [3.8, 4) is 0 Å². The number of carbonyl (C=O) groups is 1. The van der Waals surface area contributed by atoms with Gasteiger partial charge in [-0.1, -0.05) is 35.1 Å². The fourth-order valence-corrected chi connectivity index (χ4v) is 5.07. The van der Waals surface area contributed by atoms with Gasteiger partial charge >= 0.3 is 0 Å². The van der Waals surface area contributed by atoms with Crippen molar-refractivity contribution < 1.29 is 4.79 Å². The van der Waals surface area contributed by atoms with Crippen molar-refractivity contribution in [1.82, 2.24) is 19.9 Å². The molecule has 5 rings (SSSR count). The lowest BCUT2D eigenvalue weighted by atomic mass is 9.97. The van der Waals surface area contributed by atoms with Crippen LogP contribution in [0.3, 0.4) is 0 Å². The molecular weight excluding hydrogens is 446 g/mol. The average molecular weight is 474 g/mol. The van der Waals surface area contributed by atoms with E-state index in [-0.39, 0.29) is 11.5 Å². The summed E-state index contributed by atoms with van der Waals surface area (Å²) in [5.74, 6) is -0.151. The molecule has 0 saturated heterocycles. The van der Waals surface area contributed by atoms with Gasteiger partial charge in [-0.3, -0.25) is 9.59 Å². The summed E-state index contributed by atoms with van der Waals surface area (Å²) in [6, 6.07) is 11.2. The molecule has 1 aliphatic carbocycles. The quantitative estimate of drug-likeness (QED) is 0.372. The highest BCUT2D eigenvalue weighted by Gasteiger charge is 2.14. The Morgan fingerprint density at radius 1 is 1.15 bits per heavy atom. The smallest absolute Gasteiger partial charge is 0.283 e. The number of nitrogens with zero attached hydrogens (tertiary/aromatic N) is 3. The predicted octanol–water partition coefficient (Wildman–Crippen LogP) is 5.28. The molecular formula is C26H27N5O2S. The van der Waals surface area contributed by atoms with Gasteiger partial charge in [-0.2, -0.15) is 4.52 Å². The first-order chi connectivity index (χ1) is 16.5. The molecule has 174 valence electrons. The number of hydrogen-bond donors (Lipinski definition) is 2. The van der Waals surface area contributed by atoms with E-state index in [1.165, 1.54) is 34.3 Å². The number of anilines is 2. The Morgan fingerprint density at radius 2 is 2.03 bits per heavy atom. The third-order valence-electron chi connectivity index (χ3n) is 6.21. The standard InChI is InChI=1S/C26H27N5O2S/c1-16-8-9-17(2)21(14-16)28-25-30-31-24(33)20-11-10-19(15-22(20)29-26(31)34-25)23(32)27-13-12-18-6-4-3-5-7-18/h6,8-11,14-15H,3-5,7,12-13H2,1-2H3,(H,27,32)(H,28,30). The van der Waals surface area contributed by atoms with Crippen LogP contribution in [0.2, 0.25) is 0 Å². The zero-order chi connectivity index (χ0) is 23.7. The molecule has 0 saturated carbocycles. The molecule has 0 radical (unpaired) electrons. The molecule has 2 heterocycles. The van der Waals surface area contributed by atoms with E-state index in [1.807, 2.05) is 26.0 Å². The Morgan fingerprint density at radius 3 is 2.85 bits per heavy atom. The molecule has 0 aliphatic heterocycles. The van der Waals surface area contributed by atoms with E-state index in [9.17, 15) is 9.59 Å². The maximum absolute atomic E-state index is 13.0. The Bertz CT molecular complexity index is 1480. The normalized spacial score (nSPS) is 13.8. The minimum atomic E-state index is -0.249. The molecule has 0 bridgehead atoms. The molecule has 1 amide bonds. The van der Waals surface area contributed by atoms with E-state index in [2.05, 4.69) is 32.9 Å². The largest absolute Gasteiger partial charge is 0.352 e. The van der Waals surface area contributed by atoms with Crippen molar-refractivity contribution in [3.63, 3.8) is 0 Å².